The Morgan fingerprint density at radius 3 is 2.69 bits per heavy atom. The van der Waals surface area contributed by atoms with Crippen molar-refractivity contribution in [3.63, 3.8) is 0 Å². The van der Waals surface area contributed by atoms with Gasteiger partial charge in [-0.1, -0.05) is 48.5 Å². The first-order valence-electron chi connectivity index (χ1n) is 14.9. The van der Waals surface area contributed by atoms with Gasteiger partial charge in [0.2, 0.25) is 5.91 Å². The van der Waals surface area contributed by atoms with E-state index in [1.165, 1.54) is 16.2 Å². The second kappa shape index (κ2) is 12.1. The minimum absolute atomic E-state index is 0.0715. The first-order valence-corrected chi connectivity index (χ1v) is 15.7. The summed E-state index contributed by atoms with van der Waals surface area (Å²) in [5.41, 5.74) is -1.00. The molecular weight excluding hydrogens is 556 g/mol. The van der Waals surface area contributed by atoms with Gasteiger partial charge in [0, 0.05) is 18.8 Å². The number of rotatable bonds is 5. The van der Waals surface area contributed by atoms with E-state index in [1.807, 2.05) is 36.4 Å². The number of amides is 1. The first-order chi connectivity index (χ1) is 19.9. The van der Waals surface area contributed by atoms with E-state index < -0.39 is 41.0 Å². The Labute approximate surface area is 250 Å². The lowest BCUT2D eigenvalue weighted by Crippen LogP contribution is -2.45. The highest BCUT2D eigenvalue weighted by molar-refractivity contribution is 7.20. The number of carbonyl (C=O) groups excluding carboxylic acids is 3. The number of allylic oxidation sites excluding steroid dienone is 2. The Morgan fingerprint density at radius 2 is 1.95 bits per heavy atom. The van der Waals surface area contributed by atoms with Crippen molar-refractivity contribution in [3.05, 3.63) is 36.4 Å². The number of para-hydroxylation sites is 1. The van der Waals surface area contributed by atoms with Crippen LogP contribution in [0.1, 0.15) is 78.6 Å². The third kappa shape index (κ3) is 6.85. The molecule has 1 aromatic carbocycles. The van der Waals surface area contributed by atoms with E-state index in [0.29, 0.717) is 18.0 Å². The van der Waals surface area contributed by atoms with Crippen LogP contribution in [0.2, 0.25) is 0 Å². The van der Waals surface area contributed by atoms with Gasteiger partial charge >= 0.3 is 11.9 Å². The molecule has 1 aromatic heterocycles. The van der Waals surface area contributed by atoms with Crippen molar-refractivity contribution in [2.24, 2.45) is 17.3 Å². The summed E-state index contributed by atoms with van der Waals surface area (Å²) in [6.07, 6.45) is 7.78. The molecule has 0 spiro atoms. The van der Waals surface area contributed by atoms with E-state index in [9.17, 15) is 24.3 Å². The second-order valence-electron chi connectivity index (χ2n) is 12.9. The zero-order valence-electron chi connectivity index (χ0n) is 24.5. The number of carboxylic acids is 1. The van der Waals surface area contributed by atoms with E-state index in [2.05, 4.69) is 4.98 Å². The van der Waals surface area contributed by atoms with Crippen LogP contribution in [-0.2, 0) is 23.9 Å². The van der Waals surface area contributed by atoms with Gasteiger partial charge in [-0.15, -0.1) is 0 Å². The van der Waals surface area contributed by atoms with Crippen molar-refractivity contribution >= 4 is 45.2 Å². The van der Waals surface area contributed by atoms with Crippen molar-refractivity contribution < 1.29 is 33.8 Å². The van der Waals surface area contributed by atoms with Crippen LogP contribution in [0.3, 0.4) is 0 Å². The molecule has 0 radical (unpaired) electrons. The highest BCUT2D eigenvalue weighted by atomic mass is 32.1. The van der Waals surface area contributed by atoms with Crippen molar-refractivity contribution in [1.29, 1.82) is 0 Å². The fourth-order valence-corrected chi connectivity index (χ4v) is 7.12. The quantitative estimate of drug-likeness (QED) is 0.351. The van der Waals surface area contributed by atoms with Crippen LogP contribution in [0.4, 0.5) is 0 Å². The van der Waals surface area contributed by atoms with Gasteiger partial charge in [-0.05, 0) is 64.5 Å². The lowest BCUT2D eigenvalue weighted by molar-refractivity contribution is -0.159. The highest BCUT2D eigenvalue weighted by Gasteiger charge is 2.61. The minimum Gasteiger partial charge on any atom is -0.481 e. The SMILES string of the molecule is CC(C)(C)OC(=O)C[C@H]1CCCCC/C=C\[C@@H]2C[C@@]2(C(=O)O)CC(=O)[C@@H]2C[C@@H](Oc3nc4ccccc4s3)CN2C1=O. The molecule has 1 amide bonds. The minimum atomic E-state index is -1.13. The van der Waals surface area contributed by atoms with Crippen LogP contribution < -0.4 is 4.74 Å². The van der Waals surface area contributed by atoms with Crippen LogP contribution >= 0.6 is 11.3 Å². The lowest BCUT2D eigenvalue weighted by Gasteiger charge is -2.29. The number of hydrogen-bond donors (Lipinski definition) is 1. The summed E-state index contributed by atoms with van der Waals surface area (Å²) in [5.74, 6) is -2.81. The number of ketones is 1. The molecule has 0 unspecified atom stereocenters. The van der Waals surface area contributed by atoms with E-state index in [4.69, 9.17) is 9.47 Å². The molecule has 3 aliphatic rings. The van der Waals surface area contributed by atoms with E-state index in [1.54, 1.807) is 20.8 Å². The molecule has 226 valence electrons. The molecule has 5 rings (SSSR count). The van der Waals surface area contributed by atoms with Gasteiger partial charge in [-0.25, -0.2) is 4.98 Å². The largest absolute Gasteiger partial charge is 0.481 e. The fraction of sp³-hybridized carbons (Fsp3) is 0.594. The summed E-state index contributed by atoms with van der Waals surface area (Å²) in [4.78, 5) is 59.2. The molecule has 1 saturated carbocycles. The zero-order valence-corrected chi connectivity index (χ0v) is 25.4. The molecule has 2 aliphatic heterocycles. The lowest BCUT2D eigenvalue weighted by atomic mass is 9.91. The van der Waals surface area contributed by atoms with Gasteiger partial charge < -0.3 is 19.5 Å². The smallest absolute Gasteiger partial charge is 0.310 e. The number of fused-ring (bicyclic) bond motifs is 3. The summed E-state index contributed by atoms with van der Waals surface area (Å²) in [6, 6.07) is 6.86. The van der Waals surface area contributed by atoms with Crippen molar-refractivity contribution in [2.75, 3.05) is 6.54 Å². The molecule has 10 heteroatoms. The number of aromatic nitrogens is 1. The monoisotopic (exact) mass is 596 g/mol. The predicted molar refractivity (Wildman–Crippen MR) is 158 cm³/mol. The average molecular weight is 597 g/mol. The molecule has 9 nitrogen and oxygen atoms in total. The topological polar surface area (TPSA) is 123 Å². The van der Waals surface area contributed by atoms with Gasteiger partial charge in [0.15, 0.2) is 5.78 Å². The Kier molecular flexibility index (Phi) is 8.73. The van der Waals surface area contributed by atoms with Crippen LogP contribution in [0, 0.1) is 17.3 Å². The Morgan fingerprint density at radius 1 is 1.17 bits per heavy atom. The van der Waals surface area contributed by atoms with Crippen LogP contribution in [0.25, 0.3) is 10.2 Å². The van der Waals surface area contributed by atoms with E-state index >= 15 is 0 Å². The maximum atomic E-state index is 14.1. The molecule has 2 aromatic rings. The maximum absolute atomic E-state index is 14.1. The number of ether oxygens (including phenoxy) is 2. The van der Waals surface area contributed by atoms with Crippen molar-refractivity contribution in [3.8, 4) is 5.19 Å². The molecule has 1 saturated heterocycles. The molecule has 3 heterocycles. The normalized spacial score (nSPS) is 29.6. The Balaban J connectivity index is 1.41. The maximum Gasteiger partial charge on any atom is 0.310 e. The van der Waals surface area contributed by atoms with E-state index in [-0.39, 0.29) is 43.4 Å². The number of hydrogen-bond acceptors (Lipinski definition) is 8. The number of aliphatic carboxylic acids is 1. The number of Topliss-reactive ketones (excluding diaryl/α,β-unsaturated/α-hetero) is 1. The average Bonchev–Trinajstić information content (AvgIpc) is 3.24. The Bertz CT molecular complexity index is 1350. The number of benzene rings is 1. The molecule has 42 heavy (non-hydrogen) atoms. The highest BCUT2D eigenvalue weighted by Crippen LogP contribution is 2.57. The fourth-order valence-electron chi connectivity index (χ4n) is 6.24. The standard InChI is InChI=1S/C32H40N2O7S/c1-31(2,3)41-27(36)15-20-11-7-5-4-6-8-12-21-17-32(21,29(38)39)18-25(35)24-16-22(19-34(24)28(20)37)40-30-33-23-13-9-10-14-26(23)42-30/h8-10,12-14,20-22,24H,4-7,11,15-19H2,1-3H3,(H,38,39)/b12-8-/t20-,21-,22-,24+,32-/m1/s1. The molecule has 5 atom stereocenters. The summed E-state index contributed by atoms with van der Waals surface area (Å²) >= 11 is 1.40. The number of esters is 1. The van der Waals surface area contributed by atoms with Gasteiger partial charge in [-0.2, -0.15) is 0 Å². The Hall–Kier alpha value is -3.27. The van der Waals surface area contributed by atoms with Gasteiger partial charge in [0.25, 0.3) is 5.19 Å². The predicted octanol–water partition coefficient (Wildman–Crippen LogP) is 5.56. The van der Waals surface area contributed by atoms with Gasteiger partial charge in [0.05, 0.1) is 34.6 Å². The third-order valence-corrected chi connectivity index (χ3v) is 9.41. The van der Waals surface area contributed by atoms with Crippen LogP contribution in [0.15, 0.2) is 36.4 Å². The number of carbonyl (C=O) groups is 4. The summed E-state index contributed by atoms with van der Waals surface area (Å²) in [5, 5.41) is 10.6. The summed E-state index contributed by atoms with van der Waals surface area (Å²) < 4.78 is 12.8. The second-order valence-corrected chi connectivity index (χ2v) is 13.9. The first kappa shape index (κ1) is 30.2. The molecule has 0 bridgehead atoms. The van der Waals surface area contributed by atoms with Crippen LogP contribution in [-0.4, -0.2) is 62.9 Å². The summed E-state index contributed by atoms with van der Waals surface area (Å²) in [6.45, 7) is 5.54. The van der Waals surface area contributed by atoms with E-state index in [0.717, 1.165) is 35.9 Å². The van der Waals surface area contributed by atoms with Gasteiger partial charge in [-0.3, -0.25) is 19.2 Å². The van der Waals surface area contributed by atoms with Crippen molar-refractivity contribution in [2.45, 2.75) is 96.3 Å². The molecule has 2 fully saturated rings. The number of carboxylic acid groups (broad SMARTS) is 1. The number of nitrogens with zero attached hydrogens (tertiary/aromatic N) is 2. The van der Waals surface area contributed by atoms with Crippen molar-refractivity contribution in [1.82, 2.24) is 9.88 Å². The molecule has 1 N–H and O–H groups in total. The summed E-state index contributed by atoms with van der Waals surface area (Å²) in [7, 11) is 0. The zero-order chi connectivity index (χ0) is 30.1. The molecule has 1 aliphatic carbocycles. The van der Waals surface area contributed by atoms with Crippen LogP contribution in [0.5, 0.6) is 5.19 Å². The molecular formula is C32H40N2O7S. The van der Waals surface area contributed by atoms with Gasteiger partial charge in [0.1, 0.15) is 11.7 Å². The number of thiazole rings is 1. The third-order valence-electron chi connectivity index (χ3n) is 8.48.